The van der Waals surface area contributed by atoms with Crippen LogP contribution >= 0.6 is 0 Å². The average molecular weight is 202 g/mol. The van der Waals surface area contributed by atoms with Gasteiger partial charge in [0.25, 0.3) is 0 Å². The molecular weight excluding hydrogens is 180 g/mol. The molecule has 1 rings (SSSR count). The molecule has 0 fully saturated rings. The molecule has 0 atom stereocenters. The fourth-order valence-corrected chi connectivity index (χ4v) is 1.31. The van der Waals surface area contributed by atoms with E-state index in [0.29, 0.717) is 0 Å². The highest BCUT2D eigenvalue weighted by atomic mass is 14.0. The van der Waals surface area contributed by atoms with Crippen molar-refractivity contribution in [3.05, 3.63) is 54.1 Å². The van der Waals surface area contributed by atoms with E-state index in [4.69, 9.17) is 0 Å². The van der Waals surface area contributed by atoms with Gasteiger partial charge in [-0.2, -0.15) is 0 Å². The quantitative estimate of drug-likeness (QED) is 0.599. The highest BCUT2D eigenvalue weighted by molar-refractivity contribution is 5.73. The lowest BCUT2D eigenvalue weighted by atomic mass is 10.0. The van der Waals surface area contributed by atoms with Crippen LogP contribution in [0, 0.1) is 0 Å². The lowest BCUT2D eigenvalue weighted by Gasteiger charge is -2.00. The zero-order chi connectivity index (χ0) is 11.5. The molecule has 0 radical (unpaired) electrons. The fourth-order valence-electron chi connectivity index (χ4n) is 1.31. The predicted octanol–water partition coefficient (Wildman–Crippen LogP) is 5.08. The monoisotopic (exact) mass is 202 g/mol. The minimum atomic E-state index is 1.08. The molecule has 82 valence electrons. The van der Waals surface area contributed by atoms with Crippen molar-refractivity contribution < 1.29 is 0 Å². The second-order valence-electron chi connectivity index (χ2n) is 2.93. The van der Waals surface area contributed by atoms with Crippen LogP contribution in [0.25, 0.3) is 5.57 Å². The molecule has 0 heteroatoms. The minimum absolute atomic E-state index is 1.08. The number of hydrogen-bond donors (Lipinski definition) is 0. The van der Waals surface area contributed by atoms with Crippen molar-refractivity contribution in [1.82, 2.24) is 0 Å². The summed E-state index contributed by atoms with van der Waals surface area (Å²) < 4.78 is 0. The molecule has 0 bridgehead atoms. The summed E-state index contributed by atoms with van der Waals surface area (Å²) in [6.45, 7) is 8.21. The van der Waals surface area contributed by atoms with Crippen molar-refractivity contribution in [2.24, 2.45) is 0 Å². The maximum Gasteiger partial charge on any atom is -0.0187 e. The number of allylic oxidation sites excluding steroid dienone is 4. The molecule has 0 saturated carbocycles. The molecule has 1 aromatic carbocycles. The molecule has 1 aromatic rings. The molecule has 0 N–H and O–H groups in total. The van der Waals surface area contributed by atoms with Crippen LogP contribution in [-0.2, 0) is 0 Å². The largest absolute Gasteiger partial charge is 0.0871 e. The van der Waals surface area contributed by atoms with E-state index < -0.39 is 0 Å². The minimum Gasteiger partial charge on any atom is -0.0871 e. The van der Waals surface area contributed by atoms with Crippen molar-refractivity contribution in [2.45, 2.75) is 34.1 Å². The Bertz CT molecular complexity index is 291. The first-order valence-corrected chi connectivity index (χ1v) is 5.76. The highest BCUT2D eigenvalue weighted by Crippen LogP contribution is 2.15. The van der Waals surface area contributed by atoms with Crippen molar-refractivity contribution in [3.8, 4) is 0 Å². The Balaban J connectivity index is 0.000000921. The molecule has 0 heterocycles. The third-order valence-corrected chi connectivity index (χ3v) is 1.88. The maximum absolute atomic E-state index is 2.25. The summed E-state index contributed by atoms with van der Waals surface area (Å²) >= 11 is 0. The van der Waals surface area contributed by atoms with E-state index in [9.17, 15) is 0 Å². The van der Waals surface area contributed by atoms with E-state index in [-0.39, 0.29) is 0 Å². The Morgan fingerprint density at radius 3 is 2.20 bits per heavy atom. The van der Waals surface area contributed by atoms with Gasteiger partial charge >= 0.3 is 0 Å². The Hall–Kier alpha value is -1.30. The van der Waals surface area contributed by atoms with Gasteiger partial charge in [0.15, 0.2) is 0 Å². The van der Waals surface area contributed by atoms with Gasteiger partial charge in [-0.05, 0) is 24.5 Å². The molecule has 0 nitrogen and oxygen atoms in total. The van der Waals surface area contributed by atoms with Crippen LogP contribution in [-0.4, -0.2) is 0 Å². The van der Waals surface area contributed by atoms with Crippen LogP contribution in [0.1, 0.15) is 39.7 Å². The van der Waals surface area contributed by atoms with Crippen LogP contribution in [0.4, 0.5) is 0 Å². The molecule has 0 aromatic heterocycles. The standard InChI is InChI=1S/C13H16.C2H6/c1-3-8-12(9-4-2)13-10-6-5-7-11-13;1-2/h3,5-11H,4H2,1-2H3;1-2H3/b8-3-,12-9+;. The van der Waals surface area contributed by atoms with Gasteiger partial charge in [0.2, 0.25) is 0 Å². The average Bonchev–Trinajstić information content (AvgIpc) is 2.33. The van der Waals surface area contributed by atoms with Gasteiger partial charge in [-0.3, -0.25) is 0 Å². The van der Waals surface area contributed by atoms with Gasteiger partial charge in [-0.1, -0.05) is 69.3 Å². The number of hydrogen-bond acceptors (Lipinski definition) is 0. The molecule has 0 saturated heterocycles. The van der Waals surface area contributed by atoms with Gasteiger partial charge < -0.3 is 0 Å². The van der Waals surface area contributed by atoms with Crippen molar-refractivity contribution in [2.75, 3.05) is 0 Å². The highest BCUT2D eigenvalue weighted by Gasteiger charge is 1.93. The van der Waals surface area contributed by atoms with Gasteiger partial charge in [0.1, 0.15) is 0 Å². The summed E-state index contributed by atoms with van der Waals surface area (Å²) in [6.07, 6.45) is 7.55. The van der Waals surface area contributed by atoms with Crippen LogP contribution in [0.3, 0.4) is 0 Å². The lowest BCUT2D eigenvalue weighted by Crippen LogP contribution is -1.79. The lowest BCUT2D eigenvalue weighted by molar-refractivity contribution is 1.23. The van der Waals surface area contributed by atoms with E-state index >= 15 is 0 Å². The molecule has 0 amide bonds. The summed E-state index contributed by atoms with van der Waals surface area (Å²) in [5, 5.41) is 0. The van der Waals surface area contributed by atoms with Gasteiger partial charge in [0.05, 0.1) is 0 Å². The zero-order valence-corrected chi connectivity index (χ0v) is 10.3. The Morgan fingerprint density at radius 1 is 1.13 bits per heavy atom. The van der Waals surface area contributed by atoms with Crippen LogP contribution in [0.15, 0.2) is 48.6 Å². The van der Waals surface area contributed by atoms with Gasteiger partial charge in [-0.15, -0.1) is 0 Å². The van der Waals surface area contributed by atoms with E-state index in [1.54, 1.807) is 0 Å². The topological polar surface area (TPSA) is 0 Å². The SMILES string of the molecule is C/C=C\C(=C/CC)c1ccccc1.CC. The molecule has 0 aliphatic heterocycles. The normalized spacial score (nSPS) is 11.1. The summed E-state index contributed by atoms with van der Waals surface area (Å²) in [5.41, 5.74) is 2.60. The number of benzene rings is 1. The van der Waals surface area contributed by atoms with Crippen molar-refractivity contribution in [3.63, 3.8) is 0 Å². The van der Waals surface area contributed by atoms with Crippen molar-refractivity contribution in [1.29, 1.82) is 0 Å². The molecule has 0 aliphatic carbocycles. The molecule has 0 unspecified atom stereocenters. The van der Waals surface area contributed by atoms with Crippen molar-refractivity contribution >= 4 is 5.57 Å². The first kappa shape index (κ1) is 13.7. The smallest absolute Gasteiger partial charge is 0.0187 e. The summed E-state index contributed by atoms with van der Waals surface area (Å²) in [7, 11) is 0. The maximum atomic E-state index is 2.25. The summed E-state index contributed by atoms with van der Waals surface area (Å²) in [4.78, 5) is 0. The Labute approximate surface area is 94.3 Å². The zero-order valence-electron chi connectivity index (χ0n) is 10.3. The molecule has 0 aliphatic rings. The second kappa shape index (κ2) is 9.26. The number of rotatable bonds is 3. The van der Waals surface area contributed by atoms with Gasteiger partial charge in [0, 0.05) is 0 Å². The summed E-state index contributed by atoms with van der Waals surface area (Å²) in [6, 6.07) is 10.5. The molecular formula is C15H22. The van der Waals surface area contributed by atoms with Crippen LogP contribution in [0.2, 0.25) is 0 Å². The third kappa shape index (κ3) is 5.21. The fraction of sp³-hybridized carbons (Fsp3) is 0.333. The Morgan fingerprint density at radius 2 is 1.73 bits per heavy atom. The first-order chi connectivity index (χ1) is 7.38. The van der Waals surface area contributed by atoms with E-state index in [1.165, 1.54) is 11.1 Å². The first-order valence-electron chi connectivity index (χ1n) is 5.76. The van der Waals surface area contributed by atoms with Crippen LogP contribution in [0.5, 0.6) is 0 Å². The van der Waals surface area contributed by atoms with E-state index in [2.05, 4.69) is 49.4 Å². The summed E-state index contributed by atoms with van der Waals surface area (Å²) in [5.74, 6) is 0. The third-order valence-electron chi connectivity index (χ3n) is 1.88. The Kier molecular flexibility index (Phi) is 8.46. The molecule has 0 spiro atoms. The molecule has 15 heavy (non-hydrogen) atoms. The van der Waals surface area contributed by atoms with E-state index in [0.717, 1.165) is 6.42 Å². The van der Waals surface area contributed by atoms with E-state index in [1.807, 2.05) is 26.8 Å². The second-order valence-corrected chi connectivity index (χ2v) is 2.93. The van der Waals surface area contributed by atoms with Gasteiger partial charge in [-0.25, -0.2) is 0 Å². The predicted molar refractivity (Wildman–Crippen MR) is 70.9 cm³/mol. The van der Waals surface area contributed by atoms with Crippen LogP contribution < -0.4 is 0 Å².